The van der Waals surface area contributed by atoms with Crippen LogP contribution in [0, 0.1) is 0 Å². The van der Waals surface area contributed by atoms with Crippen molar-refractivity contribution in [2.45, 2.75) is 31.3 Å². The standard InChI is InChI=1S/C12H12ClNO2/c13-9-4-1-3-8-10(14-15)7-12(5-2-6-12)16-11(8)9/h1,3-4,15H,2,5-7H2. The summed E-state index contributed by atoms with van der Waals surface area (Å²) in [6.07, 6.45) is 3.86. The number of para-hydroxylation sites is 1. The molecule has 1 N–H and O–H groups in total. The van der Waals surface area contributed by atoms with Gasteiger partial charge in [0.15, 0.2) is 0 Å². The number of halogens is 1. The molecule has 4 heteroatoms. The highest BCUT2D eigenvalue weighted by molar-refractivity contribution is 6.33. The van der Waals surface area contributed by atoms with Gasteiger partial charge in [-0.1, -0.05) is 22.8 Å². The Morgan fingerprint density at radius 3 is 2.81 bits per heavy atom. The van der Waals surface area contributed by atoms with E-state index in [-0.39, 0.29) is 5.60 Å². The summed E-state index contributed by atoms with van der Waals surface area (Å²) in [6.45, 7) is 0. The highest BCUT2D eigenvalue weighted by Gasteiger charge is 2.45. The van der Waals surface area contributed by atoms with Gasteiger partial charge in [0, 0.05) is 12.0 Å². The number of oxime groups is 1. The Labute approximate surface area is 98.7 Å². The highest BCUT2D eigenvalue weighted by Crippen LogP contribution is 2.47. The maximum Gasteiger partial charge on any atom is 0.147 e. The summed E-state index contributed by atoms with van der Waals surface area (Å²) in [7, 11) is 0. The van der Waals surface area contributed by atoms with Crippen LogP contribution in [-0.2, 0) is 0 Å². The van der Waals surface area contributed by atoms with Crippen molar-refractivity contribution in [3.63, 3.8) is 0 Å². The van der Waals surface area contributed by atoms with Crippen molar-refractivity contribution < 1.29 is 9.94 Å². The van der Waals surface area contributed by atoms with Gasteiger partial charge in [-0.3, -0.25) is 0 Å². The quantitative estimate of drug-likeness (QED) is 0.556. The van der Waals surface area contributed by atoms with Gasteiger partial charge >= 0.3 is 0 Å². The van der Waals surface area contributed by atoms with Gasteiger partial charge in [-0.2, -0.15) is 0 Å². The lowest BCUT2D eigenvalue weighted by molar-refractivity contribution is -0.00535. The monoisotopic (exact) mass is 237 g/mol. The van der Waals surface area contributed by atoms with Gasteiger partial charge < -0.3 is 9.94 Å². The summed E-state index contributed by atoms with van der Waals surface area (Å²) in [5, 5.41) is 13.0. The molecule has 16 heavy (non-hydrogen) atoms. The first-order valence-electron chi connectivity index (χ1n) is 5.43. The van der Waals surface area contributed by atoms with Gasteiger partial charge in [-0.05, 0) is 31.4 Å². The predicted molar refractivity (Wildman–Crippen MR) is 61.6 cm³/mol. The van der Waals surface area contributed by atoms with Crippen LogP contribution in [0.4, 0.5) is 0 Å². The van der Waals surface area contributed by atoms with E-state index >= 15 is 0 Å². The zero-order valence-electron chi connectivity index (χ0n) is 8.74. The Kier molecular flexibility index (Phi) is 2.11. The molecule has 1 aliphatic heterocycles. The zero-order chi connectivity index (χ0) is 11.2. The van der Waals surface area contributed by atoms with E-state index in [1.165, 1.54) is 6.42 Å². The summed E-state index contributed by atoms with van der Waals surface area (Å²) in [5.74, 6) is 0.669. The predicted octanol–water partition coefficient (Wildman–Crippen LogP) is 3.22. The van der Waals surface area contributed by atoms with E-state index in [1.54, 1.807) is 6.07 Å². The average Bonchev–Trinajstić information content (AvgIpc) is 2.26. The van der Waals surface area contributed by atoms with Gasteiger partial charge in [-0.25, -0.2) is 0 Å². The summed E-state index contributed by atoms with van der Waals surface area (Å²) < 4.78 is 5.99. The first-order chi connectivity index (χ1) is 7.74. The average molecular weight is 238 g/mol. The molecule has 3 rings (SSSR count). The minimum atomic E-state index is -0.167. The molecule has 1 aliphatic carbocycles. The fourth-order valence-electron chi connectivity index (χ4n) is 2.43. The fourth-order valence-corrected chi connectivity index (χ4v) is 2.65. The summed E-state index contributed by atoms with van der Waals surface area (Å²) in [6, 6.07) is 5.52. The van der Waals surface area contributed by atoms with Crippen molar-refractivity contribution in [1.29, 1.82) is 0 Å². The third-order valence-electron chi connectivity index (χ3n) is 3.47. The maximum absolute atomic E-state index is 9.07. The molecule has 1 saturated carbocycles. The molecule has 1 aromatic rings. The Bertz CT molecular complexity index is 466. The van der Waals surface area contributed by atoms with E-state index in [0.29, 0.717) is 22.9 Å². The van der Waals surface area contributed by atoms with Gasteiger partial charge in [0.1, 0.15) is 11.4 Å². The van der Waals surface area contributed by atoms with Crippen LogP contribution in [-0.4, -0.2) is 16.5 Å². The van der Waals surface area contributed by atoms with Crippen LogP contribution in [0.15, 0.2) is 23.4 Å². The van der Waals surface area contributed by atoms with Crippen molar-refractivity contribution in [1.82, 2.24) is 0 Å². The minimum Gasteiger partial charge on any atom is -0.485 e. The third-order valence-corrected chi connectivity index (χ3v) is 3.77. The lowest BCUT2D eigenvalue weighted by atomic mass is 9.74. The molecule has 3 nitrogen and oxygen atoms in total. The summed E-state index contributed by atoms with van der Waals surface area (Å²) in [4.78, 5) is 0. The van der Waals surface area contributed by atoms with E-state index in [9.17, 15) is 0 Å². The first kappa shape index (κ1) is 9.97. The van der Waals surface area contributed by atoms with Gasteiger partial charge in [0.25, 0.3) is 0 Å². The third kappa shape index (κ3) is 1.31. The number of fused-ring (bicyclic) bond motifs is 1. The van der Waals surface area contributed by atoms with Crippen molar-refractivity contribution in [2.24, 2.45) is 5.16 Å². The molecule has 1 spiro atoms. The molecule has 0 radical (unpaired) electrons. The molecule has 0 aromatic heterocycles. The number of ether oxygens (including phenoxy) is 1. The van der Waals surface area contributed by atoms with E-state index in [2.05, 4.69) is 5.16 Å². The Morgan fingerprint density at radius 1 is 1.38 bits per heavy atom. The summed E-state index contributed by atoms with van der Waals surface area (Å²) in [5.41, 5.74) is 1.33. The van der Waals surface area contributed by atoms with Crippen molar-refractivity contribution in [2.75, 3.05) is 0 Å². The van der Waals surface area contributed by atoms with Crippen LogP contribution in [0.5, 0.6) is 5.75 Å². The van der Waals surface area contributed by atoms with E-state index in [0.717, 1.165) is 18.4 Å². The van der Waals surface area contributed by atoms with Crippen molar-refractivity contribution in [3.05, 3.63) is 28.8 Å². The topological polar surface area (TPSA) is 41.8 Å². The first-order valence-corrected chi connectivity index (χ1v) is 5.81. The molecular formula is C12H12ClNO2. The lowest BCUT2D eigenvalue weighted by Gasteiger charge is -2.45. The van der Waals surface area contributed by atoms with E-state index < -0.39 is 0 Å². The van der Waals surface area contributed by atoms with Gasteiger partial charge in [-0.15, -0.1) is 0 Å². The SMILES string of the molecule is ON=C1CC2(CCC2)Oc2c(Cl)cccc21. The number of rotatable bonds is 0. The normalized spacial score (nSPS) is 23.7. The van der Waals surface area contributed by atoms with Gasteiger partial charge in [0.2, 0.25) is 0 Å². The Hall–Kier alpha value is -1.22. The van der Waals surface area contributed by atoms with Crippen LogP contribution in [0.25, 0.3) is 0 Å². The van der Waals surface area contributed by atoms with E-state index in [1.807, 2.05) is 12.1 Å². The number of hydrogen-bond donors (Lipinski definition) is 1. The lowest BCUT2D eigenvalue weighted by Crippen LogP contribution is -2.47. The molecule has 0 bridgehead atoms. The van der Waals surface area contributed by atoms with Crippen LogP contribution < -0.4 is 4.74 Å². The maximum atomic E-state index is 9.07. The fraction of sp³-hybridized carbons (Fsp3) is 0.417. The second-order valence-corrected chi connectivity index (χ2v) is 4.89. The Morgan fingerprint density at radius 2 is 2.19 bits per heavy atom. The number of nitrogens with zero attached hydrogens (tertiary/aromatic N) is 1. The second kappa shape index (κ2) is 3.39. The molecule has 0 unspecified atom stereocenters. The van der Waals surface area contributed by atoms with Crippen molar-refractivity contribution >= 4 is 17.3 Å². The number of hydrogen-bond acceptors (Lipinski definition) is 3. The molecule has 0 atom stereocenters. The molecule has 84 valence electrons. The van der Waals surface area contributed by atoms with E-state index in [4.69, 9.17) is 21.5 Å². The molecule has 1 aromatic carbocycles. The molecule has 1 fully saturated rings. The molecule has 0 amide bonds. The van der Waals surface area contributed by atoms with Crippen LogP contribution in [0.2, 0.25) is 5.02 Å². The van der Waals surface area contributed by atoms with Crippen LogP contribution >= 0.6 is 11.6 Å². The van der Waals surface area contributed by atoms with Crippen LogP contribution in [0.1, 0.15) is 31.2 Å². The minimum absolute atomic E-state index is 0.167. The summed E-state index contributed by atoms with van der Waals surface area (Å²) >= 11 is 6.11. The van der Waals surface area contributed by atoms with Crippen molar-refractivity contribution in [3.8, 4) is 5.75 Å². The molecule has 0 saturated heterocycles. The molecule has 2 aliphatic rings. The zero-order valence-corrected chi connectivity index (χ0v) is 9.50. The van der Waals surface area contributed by atoms with Gasteiger partial charge in [0.05, 0.1) is 10.7 Å². The second-order valence-electron chi connectivity index (χ2n) is 4.48. The highest BCUT2D eigenvalue weighted by atomic mass is 35.5. The number of benzene rings is 1. The smallest absolute Gasteiger partial charge is 0.147 e. The molecular weight excluding hydrogens is 226 g/mol. The van der Waals surface area contributed by atoms with Crippen LogP contribution in [0.3, 0.4) is 0 Å². The Balaban J connectivity index is 2.12. The molecule has 1 heterocycles. The largest absolute Gasteiger partial charge is 0.485 e.